The molecule has 124 valence electrons. The van der Waals surface area contributed by atoms with Crippen LogP contribution in [0.25, 0.3) is 0 Å². The number of amides is 1. The highest BCUT2D eigenvalue weighted by molar-refractivity contribution is 5.80. The zero-order chi connectivity index (χ0) is 16.8. The Morgan fingerprint density at radius 3 is 2.83 bits per heavy atom. The summed E-state index contributed by atoms with van der Waals surface area (Å²) in [5, 5.41) is 19.1. The Labute approximate surface area is 137 Å². The van der Waals surface area contributed by atoms with Crippen LogP contribution in [0.15, 0.2) is 24.3 Å². The maximum absolute atomic E-state index is 12.5. The molecule has 0 bridgehead atoms. The quantitative estimate of drug-likeness (QED) is 0.905. The number of carbonyl (C=O) groups excluding carboxylic acids is 1. The van der Waals surface area contributed by atoms with Gasteiger partial charge in [-0.2, -0.15) is 5.26 Å². The number of hydrogen-bond donors (Lipinski definition) is 1. The Kier molecular flexibility index (Phi) is 6.00. The van der Waals surface area contributed by atoms with Crippen molar-refractivity contribution < 1.29 is 14.6 Å². The summed E-state index contributed by atoms with van der Waals surface area (Å²) < 4.78 is 5.66. The van der Waals surface area contributed by atoms with Crippen molar-refractivity contribution in [2.45, 2.75) is 44.8 Å². The largest absolute Gasteiger partial charge is 0.480 e. The van der Waals surface area contributed by atoms with Crippen LogP contribution in [0.4, 0.5) is 0 Å². The Balaban J connectivity index is 1.94. The lowest BCUT2D eigenvalue weighted by Crippen LogP contribution is -2.43. The van der Waals surface area contributed by atoms with Crippen molar-refractivity contribution in [3.8, 4) is 11.8 Å². The van der Waals surface area contributed by atoms with Crippen LogP contribution in [-0.2, 0) is 4.79 Å². The summed E-state index contributed by atoms with van der Waals surface area (Å²) in [7, 11) is 1.74. The zero-order valence-electron chi connectivity index (χ0n) is 13.7. The number of benzene rings is 1. The maximum atomic E-state index is 12.5. The second kappa shape index (κ2) is 7.98. The highest BCUT2D eigenvalue weighted by Crippen LogP contribution is 2.25. The van der Waals surface area contributed by atoms with Crippen LogP contribution in [0, 0.1) is 17.2 Å². The molecule has 0 heterocycles. The van der Waals surface area contributed by atoms with Crippen molar-refractivity contribution in [3.63, 3.8) is 0 Å². The predicted octanol–water partition coefficient (Wildman–Crippen LogP) is 2.34. The molecule has 0 radical (unpaired) electrons. The van der Waals surface area contributed by atoms with Gasteiger partial charge in [-0.05, 0) is 31.9 Å². The smallest absolute Gasteiger partial charge is 0.263 e. The van der Waals surface area contributed by atoms with Crippen LogP contribution in [-0.4, -0.2) is 41.7 Å². The lowest BCUT2D eigenvalue weighted by Gasteiger charge is -2.32. The molecule has 1 fully saturated rings. The van der Waals surface area contributed by atoms with Crippen molar-refractivity contribution in [2.75, 3.05) is 13.6 Å². The first kappa shape index (κ1) is 17.3. The second-order valence-corrected chi connectivity index (χ2v) is 6.20. The summed E-state index contributed by atoms with van der Waals surface area (Å²) in [4.78, 5) is 14.1. The molecular weight excluding hydrogens is 292 g/mol. The van der Waals surface area contributed by atoms with Crippen LogP contribution in [0.1, 0.15) is 38.2 Å². The summed E-state index contributed by atoms with van der Waals surface area (Å²) in [5.41, 5.74) is 0.414. The summed E-state index contributed by atoms with van der Waals surface area (Å²) >= 11 is 0. The van der Waals surface area contributed by atoms with E-state index >= 15 is 0 Å². The van der Waals surface area contributed by atoms with E-state index in [1.54, 1.807) is 43.1 Å². The van der Waals surface area contributed by atoms with Gasteiger partial charge in [-0.3, -0.25) is 4.79 Å². The first-order valence-corrected chi connectivity index (χ1v) is 8.11. The minimum atomic E-state index is -0.671. The molecule has 3 atom stereocenters. The molecule has 0 spiro atoms. The van der Waals surface area contributed by atoms with E-state index in [0.29, 0.717) is 17.9 Å². The highest BCUT2D eigenvalue weighted by Gasteiger charge is 2.27. The first-order chi connectivity index (χ1) is 11.0. The SMILES string of the molecule is CC(Oc1ccccc1C#N)C(=O)N(C)CC1CCCCC1O. The van der Waals surface area contributed by atoms with E-state index in [2.05, 4.69) is 6.07 Å². The van der Waals surface area contributed by atoms with Crippen LogP contribution in [0.2, 0.25) is 0 Å². The number of likely N-dealkylation sites (N-methyl/N-ethyl adjacent to an activating group) is 1. The lowest BCUT2D eigenvalue weighted by atomic mass is 9.86. The number of aliphatic hydroxyl groups excluding tert-OH is 1. The molecule has 1 aliphatic rings. The third kappa shape index (κ3) is 4.46. The number of nitriles is 1. The molecule has 5 heteroatoms. The summed E-state index contributed by atoms with van der Waals surface area (Å²) in [6.45, 7) is 2.22. The monoisotopic (exact) mass is 316 g/mol. The molecule has 0 aromatic heterocycles. The van der Waals surface area contributed by atoms with Crippen molar-refractivity contribution >= 4 is 5.91 Å². The van der Waals surface area contributed by atoms with E-state index in [1.807, 2.05) is 0 Å². The Morgan fingerprint density at radius 2 is 2.13 bits per heavy atom. The molecule has 1 aromatic carbocycles. The molecule has 3 unspecified atom stereocenters. The molecule has 1 aromatic rings. The van der Waals surface area contributed by atoms with Gasteiger partial charge in [0, 0.05) is 19.5 Å². The van der Waals surface area contributed by atoms with Gasteiger partial charge in [-0.25, -0.2) is 0 Å². The molecule has 1 aliphatic carbocycles. The predicted molar refractivity (Wildman–Crippen MR) is 86.8 cm³/mol. The Hall–Kier alpha value is -2.06. The Bertz CT molecular complexity index is 582. The molecule has 1 N–H and O–H groups in total. The molecule has 23 heavy (non-hydrogen) atoms. The second-order valence-electron chi connectivity index (χ2n) is 6.20. The average Bonchev–Trinajstić information content (AvgIpc) is 2.56. The van der Waals surface area contributed by atoms with Gasteiger partial charge in [0.1, 0.15) is 11.8 Å². The van der Waals surface area contributed by atoms with Crippen LogP contribution >= 0.6 is 0 Å². The number of aliphatic hydroxyl groups is 1. The molecule has 0 aliphatic heterocycles. The lowest BCUT2D eigenvalue weighted by molar-refractivity contribution is -0.137. The van der Waals surface area contributed by atoms with E-state index in [1.165, 1.54) is 0 Å². The topological polar surface area (TPSA) is 73.6 Å². The zero-order valence-corrected chi connectivity index (χ0v) is 13.7. The van der Waals surface area contributed by atoms with Gasteiger partial charge in [-0.15, -0.1) is 0 Å². The number of rotatable bonds is 5. The average molecular weight is 316 g/mol. The normalized spacial score (nSPS) is 22.0. The minimum Gasteiger partial charge on any atom is -0.480 e. The summed E-state index contributed by atoms with van der Waals surface area (Å²) in [6.07, 6.45) is 2.93. The molecule has 5 nitrogen and oxygen atoms in total. The van der Waals surface area contributed by atoms with Gasteiger partial charge < -0.3 is 14.7 Å². The molecule has 1 amide bonds. The first-order valence-electron chi connectivity index (χ1n) is 8.11. The van der Waals surface area contributed by atoms with Gasteiger partial charge in [0.25, 0.3) is 5.91 Å². The van der Waals surface area contributed by atoms with E-state index in [-0.39, 0.29) is 17.9 Å². The molecular formula is C18H24N2O3. The van der Waals surface area contributed by atoms with Crippen molar-refractivity contribution in [3.05, 3.63) is 29.8 Å². The number of para-hydroxylation sites is 1. The fourth-order valence-electron chi connectivity index (χ4n) is 3.06. The fraction of sp³-hybridized carbons (Fsp3) is 0.556. The van der Waals surface area contributed by atoms with E-state index in [4.69, 9.17) is 10.00 Å². The van der Waals surface area contributed by atoms with Gasteiger partial charge in [0.15, 0.2) is 6.10 Å². The molecule has 0 saturated heterocycles. The van der Waals surface area contributed by atoms with E-state index in [0.717, 1.165) is 25.7 Å². The van der Waals surface area contributed by atoms with E-state index < -0.39 is 6.10 Å². The van der Waals surface area contributed by atoms with Gasteiger partial charge in [0.05, 0.1) is 11.7 Å². The third-order valence-corrected chi connectivity index (χ3v) is 4.41. The highest BCUT2D eigenvalue weighted by atomic mass is 16.5. The van der Waals surface area contributed by atoms with Crippen LogP contribution < -0.4 is 4.74 Å². The Morgan fingerprint density at radius 1 is 1.43 bits per heavy atom. The maximum Gasteiger partial charge on any atom is 0.263 e. The number of nitrogens with zero attached hydrogens (tertiary/aromatic N) is 2. The van der Waals surface area contributed by atoms with Crippen molar-refractivity contribution in [1.29, 1.82) is 5.26 Å². The summed E-state index contributed by atoms with van der Waals surface area (Å²) in [6, 6.07) is 8.94. The fourth-order valence-corrected chi connectivity index (χ4v) is 3.06. The van der Waals surface area contributed by atoms with Gasteiger partial charge >= 0.3 is 0 Å². The minimum absolute atomic E-state index is 0.135. The third-order valence-electron chi connectivity index (χ3n) is 4.41. The van der Waals surface area contributed by atoms with Gasteiger partial charge in [-0.1, -0.05) is 25.0 Å². The van der Waals surface area contributed by atoms with Gasteiger partial charge in [0.2, 0.25) is 0 Å². The number of ether oxygens (including phenoxy) is 1. The van der Waals surface area contributed by atoms with Crippen LogP contribution in [0.3, 0.4) is 0 Å². The summed E-state index contributed by atoms with van der Waals surface area (Å²) in [5.74, 6) is 0.411. The molecule has 1 saturated carbocycles. The van der Waals surface area contributed by atoms with Crippen molar-refractivity contribution in [2.24, 2.45) is 5.92 Å². The molecule has 2 rings (SSSR count). The van der Waals surface area contributed by atoms with E-state index in [9.17, 15) is 9.90 Å². The number of carbonyl (C=O) groups is 1. The standard InChI is InChI=1S/C18H24N2O3/c1-13(23-17-10-6-4-7-14(17)11-19)18(22)20(2)12-15-8-3-5-9-16(15)21/h4,6-7,10,13,15-16,21H,3,5,8-9,12H2,1-2H3. The van der Waals surface area contributed by atoms with Crippen molar-refractivity contribution in [1.82, 2.24) is 4.90 Å². The number of hydrogen-bond acceptors (Lipinski definition) is 4. The van der Waals surface area contributed by atoms with Crippen LogP contribution in [0.5, 0.6) is 5.75 Å².